The second-order valence-corrected chi connectivity index (χ2v) is 7.65. The van der Waals surface area contributed by atoms with E-state index < -0.39 is 0 Å². The Hall–Kier alpha value is -1.98. The molecule has 1 amide bonds. The van der Waals surface area contributed by atoms with Gasteiger partial charge in [0.1, 0.15) is 11.3 Å². The first kappa shape index (κ1) is 15.3. The van der Waals surface area contributed by atoms with Crippen LogP contribution in [0.3, 0.4) is 0 Å². The molecule has 25 heavy (non-hydrogen) atoms. The molecule has 1 spiro atoms. The minimum absolute atomic E-state index is 0.0181. The quantitative estimate of drug-likeness (QED) is 0.844. The van der Waals surface area contributed by atoms with Crippen LogP contribution in [0, 0.1) is 0 Å². The van der Waals surface area contributed by atoms with Crippen molar-refractivity contribution < 1.29 is 9.53 Å². The number of hydrogen-bond donors (Lipinski definition) is 0. The summed E-state index contributed by atoms with van der Waals surface area (Å²) in [6.45, 7) is 4.62. The van der Waals surface area contributed by atoms with Crippen molar-refractivity contribution in [3.05, 3.63) is 42.1 Å². The third-order valence-electron chi connectivity index (χ3n) is 5.91. The standard InChI is InChI=1S/C20H23N3O2/c24-19(18-8-7-15-5-1-2-6-17(15)21-18)23-13-20(14-23)11-16(12-25-20)22-9-3-4-10-22/h1-2,5-8,16H,3-4,9-14H2. The molecule has 1 unspecified atom stereocenters. The fourth-order valence-electron chi connectivity index (χ4n) is 4.52. The van der Waals surface area contributed by atoms with Crippen molar-refractivity contribution in [2.24, 2.45) is 0 Å². The van der Waals surface area contributed by atoms with E-state index in [0.29, 0.717) is 24.8 Å². The third kappa shape index (κ3) is 2.62. The van der Waals surface area contributed by atoms with Crippen LogP contribution >= 0.6 is 0 Å². The van der Waals surface area contributed by atoms with Gasteiger partial charge < -0.3 is 9.64 Å². The van der Waals surface area contributed by atoms with E-state index in [4.69, 9.17) is 4.74 Å². The molecule has 0 bridgehead atoms. The number of para-hydroxylation sites is 1. The second-order valence-electron chi connectivity index (χ2n) is 7.65. The lowest BCUT2D eigenvalue weighted by Gasteiger charge is -2.47. The van der Waals surface area contributed by atoms with Crippen LogP contribution in [0.5, 0.6) is 0 Å². The molecule has 5 nitrogen and oxygen atoms in total. The minimum Gasteiger partial charge on any atom is -0.370 e. The van der Waals surface area contributed by atoms with Crippen molar-refractivity contribution in [1.82, 2.24) is 14.8 Å². The molecule has 3 fully saturated rings. The molecule has 5 rings (SSSR count). The van der Waals surface area contributed by atoms with Gasteiger partial charge in [-0.25, -0.2) is 4.98 Å². The predicted molar refractivity (Wildman–Crippen MR) is 95.5 cm³/mol. The van der Waals surface area contributed by atoms with Crippen molar-refractivity contribution in [3.63, 3.8) is 0 Å². The molecule has 3 aliphatic rings. The van der Waals surface area contributed by atoms with Gasteiger partial charge in [-0.2, -0.15) is 0 Å². The summed E-state index contributed by atoms with van der Waals surface area (Å²) in [6, 6.07) is 12.2. The van der Waals surface area contributed by atoms with Crippen LogP contribution in [-0.2, 0) is 4.74 Å². The average Bonchev–Trinajstić information content (AvgIpc) is 3.29. The molecular weight excluding hydrogens is 314 g/mol. The number of ether oxygens (including phenoxy) is 1. The SMILES string of the molecule is O=C(c1ccc2ccccc2n1)N1CC2(CC(N3CCCC3)CO2)C1. The molecule has 1 atom stereocenters. The van der Waals surface area contributed by atoms with Gasteiger partial charge in [-0.05, 0) is 44.5 Å². The van der Waals surface area contributed by atoms with Crippen LogP contribution in [0.1, 0.15) is 29.8 Å². The van der Waals surface area contributed by atoms with Crippen molar-refractivity contribution in [1.29, 1.82) is 0 Å². The summed E-state index contributed by atoms with van der Waals surface area (Å²) >= 11 is 0. The molecule has 0 aliphatic carbocycles. The number of nitrogens with zero attached hydrogens (tertiary/aromatic N) is 3. The van der Waals surface area contributed by atoms with Gasteiger partial charge in [-0.3, -0.25) is 9.69 Å². The first-order valence-corrected chi connectivity index (χ1v) is 9.26. The van der Waals surface area contributed by atoms with Crippen LogP contribution in [0.4, 0.5) is 0 Å². The minimum atomic E-state index is -0.111. The van der Waals surface area contributed by atoms with Gasteiger partial charge in [0.05, 0.1) is 25.2 Å². The molecule has 130 valence electrons. The number of carbonyl (C=O) groups excluding carboxylic acids is 1. The van der Waals surface area contributed by atoms with E-state index in [2.05, 4.69) is 9.88 Å². The number of fused-ring (bicyclic) bond motifs is 1. The van der Waals surface area contributed by atoms with E-state index in [1.54, 1.807) is 0 Å². The smallest absolute Gasteiger partial charge is 0.272 e. The van der Waals surface area contributed by atoms with E-state index in [1.807, 2.05) is 41.3 Å². The molecule has 1 aromatic heterocycles. The maximum Gasteiger partial charge on any atom is 0.272 e. The molecule has 3 saturated heterocycles. The zero-order valence-corrected chi connectivity index (χ0v) is 14.4. The summed E-state index contributed by atoms with van der Waals surface area (Å²) in [7, 11) is 0. The number of likely N-dealkylation sites (tertiary alicyclic amines) is 2. The van der Waals surface area contributed by atoms with Gasteiger partial charge >= 0.3 is 0 Å². The van der Waals surface area contributed by atoms with Crippen LogP contribution in [0.15, 0.2) is 36.4 Å². The third-order valence-corrected chi connectivity index (χ3v) is 5.91. The fourth-order valence-corrected chi connectivity index (χ4v) is 4.52. The average molecular weight is 337 g/mol. The van der Waals surface area contributed by atoms with Gasteiger partial charge in [-0.1, -0.05) is 24.3 Å². The maximum absolute atomic E-state index is 12.7. The van der Waals surface area contributed by atoms with Crippen molar-refractivity contribution >= 4 is 16.8 Å². The van der Waals surface area contributed by atoms with E-state index in [9.17, 15) is 4.79 Å². The van der Waals surface area contributed by atoms with Crippen LogP contribution < -0.4 is 0 Å². The highest BCUT2D eigenvalue weighted by molar-refractivity contribution is 5.95. The summed E-state index contributed by atoms with van der Waals surface area (Å²) < 4.78 is 6.13. The first-order valence-electron chi connectivity index (χ1n) is 9.26. The molecule has 0 saturated carbocycles. The Labute approximate surface area is 147 Å². The zero-order chi connectivity index (χ0) is 16.9. The van der Waals surface area contributed by atoms with E-state index in [-0.39, 0.29) is 11.5 Å². The Bertz CT molecular complexity index is 809. The van der Waals surface area contributed by atoms with Crippen molar-refractivity contribution in [3.8, 4) is 0 Å². The van der Waals surface area contributed by atoms with E-state index in [1.165, 1.54) is 25.9 Å². The second kappa shape index (κ2) is 5.78. The Morgan fingerprint density at radius 2 is 1.92 bits per heavy atom. The van der Waals surface area contributed by atoms with Crippen molar-refractivity contribution in [2.75, 3.05) is 32.8 Å². The highest BCUT2D eigenvalue weighted by Gasteiger charge is 2.52. The molecule has 0 radical (unpaired) electrons. The lowest BCUT2D eigenvalue weighted by atomic mass is 9.88. The molecule has 2 aromatic rings. The van der Waals surface area contributed by atoms with Gasteiger partial charge in [0.15, 0.2) is 0 Å². The summed E-state index contributed by atoms with van der Waals surface area (Å²) in [5.74, 6) is 0.0181. The predicted octanol–water partition coefficient (Wildman–Crippen LogP) is 2.31. The van der Waals surface area contributed by atoms with Gasteiger partial charge in [0.25, 0.3) is 5.91 Å². The number of amides is 1. The number of aromatic nitrogens is 1. The number of carbonyl (C=O) groups is 1. The Balaban J connectivity index is 1.26. The monoisotopic (exact) mass is 337 g/mol. The lowest BCUT2D eigenvalue weighted by Crippen LogP contribution is -2.63. The molecule has 4 heterocycles. The molecule has 5 heteroatoms. The highest BCUT2D eigenvalue weighted by atomic mass is 16.5. The van der Waals surface area contributed by atoms with E-state index in [0.717, 1.165) is 23.9 Å². The maximum atomic E-state index is 12.7. The van der Waals surface area contributed by atoms with Crippen LogP contribution in [-0.4, -0.2) is 65.1 Å². The fraction of sp³-hybridized carbons (Fsp3) is 0.500. The number of benzene rings is 1. The Morgan fingerprint density at radius 1 is 1.12 bits per heavy atom. The molecule has 0 N–H and O–H groups in total. The topological polar surface area (TPSA) is 45.7 Å². The molecule has 1 aromatic carbocycles. The zero-order valence-electron chi connectivity index (χ0n) is 14.4. The van der Waals surface area contributed by atoms with Crippen LogP contribution in [0.25, 0.3) is 10.9 Å². The summed E-state index contributed by atoms with van der Waals surface area (Å²) in [6.07, 6.45) is 3.67. The Morgan fingerprint density at radius 3 is 2.76 bits per heavy atom. The number of hydrogen-bond acceptors (Lipinski definition) is 4. The van der Waals surface area contributed by atoms with E-state index >= 15 is 0 Å². The number of pyridine rings is 1. The Kier molecular flexibility index (Phi) is 3.54. The summed E-state index contributed by atoms with van der Waals surface area (Å²) in [4.78, 5) is 21.7. The summed E-state index contributed by atoms with van der Waals surface area (Å²) in [5.41, 5.74) is 1.29. The van der Waals surface area contributed by atoms with Crippen molar-refractivity contribution in [2.45, 2.75) is 30.9 Å². The molecule has 3 aliphatic heterocycles. The van der Waals surface area contributed by atoms with Gasteiger partial charge in [0.2, 0.25) is 0 Å². The van der Waals surface area contributed by atoms with Crippen LogP contribution in [0.2, 0.25) is 0 Å². The normalized spacial score (nSPS) is 25.6. The largest absolute Gasteiger partial charge is 0.370 e. The molecular formula is C20H23N3O2. The van der Waals surface area contributed by atoms with Gasteiger partial charge in [0, 0.05) is 11.4 Å². The van der Waals surface area contributed by atoms with Gasteiger partial charge in [-0.15, -0.1) is 0 Å². The first-order chi connectivity index (χ1) is 12.2. The highest BCUT2D eigenvalue weighted by Crippen LogP contribution is 2.38. The summed E-state index contributed by atoms with van der Waals surface area (Å²) in [5, 5.41) is 1.06. The lowest BCUT2D eigenvalue weighted by molar-refractivity contribution is -0.0952. The number of rotatable bonds is 2.